The molecule has 1 aromatic carbocycles. The molecule has 4 heteroatoms. The van der Waals surface area contributed by atoms with Crippen LogP contribution in [0.15, 0.2) is 36.7 Å². The second-order valence-corrected chi connectivity index (χ2v) is 3.52. The Morgan fingerprint density at radius 3 is 2.94 bits per heavy atom. The fourth-order valence-corrected chi connectivity index (χ4v) is 1.49. The Bertz CT molecular complexity index is 465. The van der Waals surface area contributed by atoms with Gasteiger partial charge in [0.05, 0.1) is 6.20 Å². The number of nitrogens with one attached hydrogen (secondary N) is 1. The molecular formula is C12H14FN3. The average molecular weight is 219 g/mol. The van der Waals surface area contributed by atoms with Gasteiger partial charge in [-0.15, -0.1) is 0 Å². The fraction of sp³-hybridized carbons (Fsp3) is 0.250. The van der Waals surface area contributed by atoms with E-state index >= 15 is 0 Å². The third-order valence-corrected chi connectivity index (χ3v) is 2.31. The molecule has 0 aliphatic rings. The lowest BCUT2D eigenvalue weighted by atomic mass is 10.3. The monoisotopic (exact) mass is 219 g/mol. The Morgan fingerprint density at radius 2 is 2.19 bits per heavy atom. The second kappa shape index (κ2) is 4.90. The lowest BCUT2D eigenvalue weighted by Crippen LogP contribution is -2.10. The van der Waals surface area contributed by atoms with Gasteiger partial charge in [0.15, 0.2) is 0 Å². The molecule has 0 atom stereocenters. The van der Waals surface area contributed by atoms with Gasteiger partial charge in [-0.05, 0) is 18.7 Å². The number of nitrogens with zero attached hydrogens (tertiary/aromatic N) is 2. The van der Waals surface area contributed by atoms with Crippen molar-refractivity contribution < 1.29 is 4.39 Å². The molecule has 0 unspecified atom stereocenters. The quantitative estimate of drug-likeness (QED) is 0.853. The molecule has 0 fully saturated rings. The van der Waals surface area contributed by atoms with Crippen LogP contribution in [0.5, 0.6) is 0 Å². The van der Waals surface area contributed by atoms with E-state index in [9.17, 15) is 4.39 Å². The molecule has 16 heavy (non-hydrogen) atoms. The molecule has 0 saturated carbocycles. The van der Waals surface area contributed by atoms with E-state index in [0.717, 1.165) is 18.7 Å². The van der Waals surface area contributed by atoms with Crippen LogP contribution in [0, 0.1) is 5.82 Å². The van der Waals surface area contributed by atoms with Crippen LogP contribution < -0.4 is 5.32 Å². The summed E-state index contributed by atoms with van der Waals surface area (Å²) in [5.74, 6) is -0.263. The highest BCUT2D eigenvalue weighted by Crippen LogP contribution is 2.12. The van der Waals surface area contributed by atoms with Crippen molar-refractivity contribution in [2.24, 2.45) is 0 Å². The average Bonchev–Trinajstić information content (AvgIpc) is 2.75. The number of hydrogen-bond acceptors (Lipinski definition) is 2. The van der Waals surface area contributed by atoms with Crippen molar-refractivity contribution in [2.45, 2.75) is 13.5 Å². The Kier molecular flexibility index (Phi) is 3.31. The van der Waals surface area contributed by atoms with E-state index in [1.807, 2.05) is 13.1 Å². The maximum atomic E-state index is 13.5. The molecule has 2 aromatic rings. The first kappa shape index (κ1) is 10.8. The van der Waals surface area contributed by atoms with Gasteiger partial charge >= 0.3 is 0 Å². The van der Waals surface area contributed by atoms with Crippen LogP contribution >= 0.6 is 0 Å². The van der Waals surface area contributed by atoms with Crippen molar-refractivity contribution in [3.05, 3.63) is 48.0 Å². The number of halogens is 1. The summed E-state index contributed by atoms with van der Waals surface area (Å²) >= 11 is 0. The molecule has 0 aliphatic heterocycles. The van der Waals surface area contributed by atoms with Gasteiger partial charge in [0.1, 0.15) is 11.5 Å². The molecule has 3 nitrogen and oxygen atoms in total. The third kappa shape index (κ3) is 2.28. The Labute approximate surface area is 93.9 Å². The van der Waals surface area contributed by atoms with Crippen LogP contribution in [0.3, 0.4) is 0 Å². The second-order valence-electron chi connectivity index (χ2n) is 3.52. The normalized spacial score (nSPS) is 10.6. The van der Waals surface area contributed by atoms with Gasteiger partial charge in [0.2, 0.25) is 0 Å². The summed E-state index contributed by atoms with van der Waals surface area (Å²) in [6.07, 6.45) is 3.58. The molecule has 1 N–H and O–H groups in total. The standard InChI is InChI=1S/C12H14FN3/c1-2-14-7-10-8-15-16(9-10)12-6-4-3-5-11(12)13/h3-6,8-9,14H,2,7H2,1H3. The first-order valence-corrected chi connectivity index (χ1v) is 5.30. The summed E-state index contributed by atoms with van der Waals surface area (Å²) in [4.78, 5) is 0. The molecule has 0 spiro atoms. The lowest BCUT2D eigenvalue weighted by Gasteiger charge is -2.01. The molecule has 0 bridgehead atoms. The van der Waals surface area contributed by atoms with E-state index in [4.69, 9.17) is 0 Å². The van der Waals surface area contributed by atoms with Crippen molar-refractivity contribution in [1.29, 1.82) is 0 Å². The first-order valence-electron chi connectivity index (χ1n) is 5.30. The summed E-state index contributed by atoms with van der Waals surface area (Å²) in [5, 5.41) is 7.33. The molecular weight excluding hydrogens is 205 g/mol. The topological polar surface area (TPSA) is 29.9 Å². The van der Waals surface area contributed by atoms with Gasteiger partial charge in [-0.2, -0.15) is 5.10 Å². The molecule has 2 rings (SSSR count). The van der Waals surface area contributed by atoms with Crippen molar-refractivity contribution in [1.82, 2.24) is 15.1 Å². The summed E-state index contributed by atoms with van der Waals surface area (Å²) < 4.78 is 15.0. The van der Waals surface area contributed by atoms with Gasteiger partial charge in [0, 0.05) is 18.3 Å². The Morgan fingerprint density at radius 1 is 1.38 bits per heavy atom. The highest BCUT2D eigenvalue weighted by atomic mass is 19.1. The molecule has 84 valence electrons. The van der Waals surface area contributed by atoms with Gasteiger partial charge in [0.25, 0.3) is 0 Å². The fourth-order valence-electron chi connectivity index (χ4n) is 1.49. The largest absolute Gasteiger partial charge is 0.313 e. The smallest absolute Gasteiger partial charge is 0.148 e. The van der Waals surface area contributed by atoms with Crippen molar-refractivity contribution >= 4 is 0 Å². The lowest BCUT2D eigenvalue weighted by molar-refractivity contribution is 0.610. The predicted molar refractivity (Wildman–Crippen MR) is 60.9 cm³/mol. The molecule has 0 amide bonds. The Balaban J connectivity index is 2.22. The zero-order valence-electron chi connectivity index (χ0n) is 9.15. The third-order valence-electron chi connectivity index (χ3n) is 2.31. The molecule has 0 saturated heterocycles. The van der Waals surface area contributed by atoms with Crippen LogP contribution in [0.2, 0.25) is 0 Å². The van der Waals surface area contributed by atoms with Crippen molar-refractivity contribution in [3.63, 3.8) is 0 Å². The highest BCUT2D eigenvalue weighted by molar-refractivity contribution is 5.32. The number of hydrogen-bond donors (Lipinski definition) is 1. The van der Waals surface area contributed by atoms with E-state index in [-0.39, 0.29) is 5.82 Å². The van der Waals surface area contributed by atoms with Crippen LogP contribution in [-0.4, -0.2) is 16.3 Å². The number of para-hydroxylation sites is 1. The van der Waals surface area contributed by atoms with Crippen LogP contribution in [-0.2, 0) is 6.54 Å². The summed E-state index contributed by atoms with van der Waals surface area (Å²) in [7, 11) is 0. The van der Waals surface area contributed by atoms with E-state index in [2.05, 4.69) is 10.4 Å². The van der Waals surface area contributed by atoms with Gasteiger partial charge in [-0.1, -0.05) is 19.1 Å². The molecule has 0 radical (unpaired) electrons. The van der Waals surface area contributed by atoms with Crippen molar-refractivity contribution in [3.8, 4) is 5.69 Å². The minimum atomic E-state index is -0.263. The van der Waals surface area contributed by atoms with E-state index in [1.54, 1.807) is 29.1 Å². The predicted octanol–water partition coefficient (Wildman–Crippen LogP) is 2.12. The van der Waals surface area contributed by atoms with E-state index < -0.39 is 0 Å². The number of rotatable bonds is 4. The zero-order chi connectivity index (χ0) is 11.4. The first-order chi connectivity index (χ1) is 7.81. The van der Waals surface area contributed by atoms with Gasteiger partial charge in [-0.3, -0.25) is 0 Å². The van der Waals surface area contributed by atoms with Crippen molar-refractivity contribution in [2.75, 3.05) is 6.54 Å². The van der Waals surface area contributed by atoms with E-state index in [0.29, 0.717) is 5.69 Å². The van der Waals surface area contributed by atoms with Crippen LogP contribution in [0.4, 0.5) is 4.39 Å². The minimum Gasteiger partial charge on any atom is -0.313 e. The zero-order valence-corrected chi connectivity index (χ0v) is 9.15. The van der Waals surface area contributed by atoms with Gasteiger partial charge < -0.3 is 5.32 Å². The number of benzene rings is 1. The highest BCUT2D eigenvalue weighted by Gasteiger charge is 2.04. The minimum absolute atomic E-state index is 0.263. The summed E-state index contributed by atoms with van der Waals surface area (Å²) in [6.45, 7) is 3.71. The maximum Gasteiger partial charge on any atom is 0.148 e. The maximum absolute atomic E-state index is 13.5. The van der Waals surface area contributed by atoms with Crippen LogP contribution in [0.25, 0.3) is 5.69 Å². The summed E-state index contributed by atoms with van der Waals surface area (Å²) in [5.41, 5.74) is 1.52. The molecule has 1 aromatic heterocycles. The SMILES string of the molecule is CCNCc1cnn(-c2ccccc2F)c1. The Hall–Kier alpha value is -1.68. The summed E-state index contributed by atoms with van der Waals surface area (Å²) in [6, 6.07) is 6.60. The molecule has 0 aliphatic carbocycles. The van der Waals surface area contributed by atoms with Gasteiger partial charge in [-0.25, -0.2) is 9.07 Å². The van der Waals surface area contributed by atoms with E-state index in [1.165, 1.54) is 6.07 Å². The van der Waals surface area contributed by atoms with Crippen LogP contribution in [0.1, 0.15) is 12.5 Å². The molecule has 1 heterocycles. The number of aromatic nitrogens is 2.